The van der Waals surface area contributed by atoms with Crippen LogP contribution in [-0.4, -0.2) is 56.5 Å². The molecule has 1 saturated heterocycles. The van der Waals surface area contributed by atoms with Crippen LogP contribution in [0.1, 0.15) is 33.1 Å². The second-order valence-electron chi connectivity index (χ2n) is 4.89. The van der Waals surface area contributed by atoms with Gasteiger partial charge in [0.2, 0.25) is 0 Å². The fourth-order valence-electron chi connectivity index (χ4n) is 2.71. The Labute approximate surface area is 105 Å². The fourth-order valence-corrected chi connectivity index (χ4v) is 2.71. The van der Waals surface area contributed by atoms with Gasteiger partial charge >= 0.3 is 0 Å². The quantitative estimate of drug-likeness (QED) is 0.698. The van der Waals surface area contributed by atoms with E-state index >= 15 is 0 Å². The van der Waals surface area contributed by atoms with Crippen molar-refractivity contribution in [3.8, 4) is 0 Å². The summed E-state index contributed by atoms with van der Waals surface area (Å²) in [5.41, 5.74) is 5.96. The zero-order valence-electron chi connectivity index (χ0n) is 11.6. The molecule has 17 heavy (non-hydrogen) atoms. The maximum Gasteiger partial charge on any atom is 0.0703 e. The smallest absolute Gasteiger partial charge is 0.0703 e. The first kappa shape index (κ1) is 14.9. The Morgan fingerprint density at radius 2 is 2.24 bits per heavy atom. The standard InChI is InChI=1S/C13H28N2O2/c1-4-13(10-14,11-16-3)15(5-2)9-12-7-6-8-17-12/h12H,4-11,14H2,1-3H3. The highest BCUT2D eigenvalue weighted by Gasteiger charge is 2.35. The van der Waals surface area contributed by atoms with E-state index in [1.54, 1.807) is 7.11 Å². The predicted octanol–water partition coefficient (Wildman–Crippen LogP) is 1.24. The Morgan fingerprint density at radius 3 is 2.65 bits per heavy atom. The molecule has 4 nitrogen and oxygen atoms in total. The average molecular weight is 244 g/mol. The average Bonchev–Trinajstić information content (AvgIpc) is 2.86. The molecule has 4 heteroatoms. The molecule has 0 bridgehead atoms. The van der Waals surface area contributed by atoms with Crippen molar-refractivity contribution in [2.45, 2.75) is 44.8 Å². The minimum atomic E-state index is -0.0323. The van der Waals surface area contributed by atoms with Gasteiger partial charge in [-0.15, -0.1) is 0 Å². The van der Waals surface area contributed by atoms with Crippen molar-refractivity contribution in [3.63, 3.8) is 0 Å². The molecule has 0 spiro atoms. The second kappa shape index (κ2) is 7.31. The fraction of sp³-hybridized carbons (Fsp3) is 1.00. The Kier molecular flexibility index (Phi) is 6.41. The van der Waals surface area contributed by atoms with E-state index in [2.05, 4.69) is 18.7 Å². The van der Waals surface area contributed by atoms with E-state index < -0.39 is 0 Å². The lowest BCUT2D eigenvalue weighted by molar-refractivity contribution is -0.0170. The van der Waals surface area contributed by atoms with Crippen LogP contribution in [-0.2, 0) is 9.47 Å². The first-order valence-electron chi connectivity index (χ1n) is 6.78. The largest absolute Gasteiger partial charge is 0.383 e. The van der Waals surface area contributed by atoms with E-state index in [-0.39, 0.29) is 5.54 Å². The highest BCUT2D eigenvalue weighted by Crippen LogP contribution is 2.22. The van der Waals surface area contributed by atoms with Crippen molar-refractivity contribution in [1.29, 1.82) is 0 Å². The van der Waals surface area contributed by atoms with E-state index in [1.807, 2.05) is 0 Å². The maximum absolute atomic E-state index is 5.99. The van der Waals surface area contributed by atoms with Gasteiger partial charge in [-0.05, 0) is 25.8 Å². The summed E-state index contributed by atoms with van der Waals surface area (Å²) in [6, 6.07) is 0. The normalized spacial score (nSPS) is 24.2. The zero-order chi connectivity index (χ0) is 12.7. The molecule has 0 aliphatic carbocycles. The summed E-state index contributed by atoms with van der Waals surface area (Å²) in [5.74, 6) is 0. The van der Waals surface area contributed by atoms with Gasteiger partial charge in [0, 0.05) is 26.8 Å². The molecule has 0 saturated carbocycles. The van der Waals surface area contributed by atoms with Crippen molar-refractivity contribution in [2.24, 2.45) is 5.73 Å². The predicted molar refractivity (Wildman–Crippen MR) is 70.2 cm³/mol. The molecule has 2 unspecified atom stereocenters. The summed E-state index contributed by atoms with van der Waals surface area (Å²) < 4.78 is 11.1. The van der Waals surface area contributed by atoms with E-state index in [0.29, 0.717) is 19.3 Å². The Morgan fingerprint density at radius 1 is 1.47 bits per heavy atom. The van der Waals surface area contributed by atoms with Gasteiger partial charge in [0.25, 0.3) is 0 Å². The number of hydrogen-bond donors (Lipinski definition) is 1. The zero-order valence-corrected chi connectivity index (χ0v) is 11.6. The Hall–Kier alpha value is -0.160. The summed E-state index contributed by atoms with van der Waals surface area (Å²) in [5, 5.41) is 0. The number of nitrogens with zero attached hydrogens (tertiary/aromatic N) is 1. The summed E-state index contributed by atoms with van der Waals surface area (Å²) in [4.78, 5) is 2.44. The SMILES string of the molecule is CCN(CC1CCCO1)C(CC)(CN)COC. The molecule has 0 amide bonds. The van der Waals surface area contributed by atoms with Crippen LogP contribution in [0.3, 0.4) is 0 Å². The third-order valence-corrected chi connectivity index (χ3v) is 3.95. The molecule has 1 heterocycles. The summed E-state index contributed by atoms with van der Waals surface area (Å²) in [6.07, 6.45) is 3.75. The lowest BCUT2D eigenvalue weighted by atomic mass is 9.94. The van der Waals surface area contributed by atoms with E-state index in [9.17, 15) is 0 Å². The number of hydrogen-bond acceptors (Lipinski definition) is 4. The monoisotopic (exact) mass is 244 g/mol. The van der Waals surface area contributed by atoms with Crippen LogP contribution in [0, 0.1) is 0 Å². The molecule has 0 aromatic heterocycles. The molecule has 1 aliphatic rings. The molecule has 1 fully saturated rings. The van der Waals surface area contributed by atoms with Crippen LogP contribution < -0.4 is 5.73 Å². The van der Waals surface area contributed by atoms with E-state index in [4.69, 9.17) is 15.2 Å². The lowest BCUT2D eigenvalue weighted by Gasteiger charge is -2.43. The lowest BCUT2D eigenvalue weighted by Crippen LogP contribution is -2.58. The van der Waals surface area contributed by atoms with Crippen molar-refractivity contribution in [1.82, 2.24) is 4.90 Å². The van der Waals surface area contributed by atoms with Gasteiger partial charge in [-0.1, -0.05) is 13.8 Å². The topological polar surface area (TPSA) is 47.7 Å². The first-order valence-corrected chi connectivity index (χ1v) is 6.78. The summed E-state index contributed by atoms with van der Waals surface area (Å²) in [6.45, 7) is 8.58. The van der Waals surface area contributed by atoms with Crippen LogP contribution in [0.2, 0.25) is 0 Å². The number of nitrogens with two attached hydrogens (primary N) is 1. The van der Waals surface area contributed by atoms with E-state index in [0.717, 1.165) is 26.1 Å². The molecular formula is C13H28N2O2. The van der Waals surface area contributed by atoms with Crippen LogP contribution in [0.4, 0.5) is 0 Å². The number of methoxy groups -OCH3 is 1. The van der Waals surface area contributed by atoms with Crippen molar-refractivity contribution >= 4 is 0 Å². The van der Waals surface area contributed by atoms with Gasteiger partial charge in [-0.25, -0.2) is 0 Å². The highest BCUT2D eigenvalue weighted by molar-refractivity contribution is 4.91. The van der Waals surface area contributed by atoms with Crippen molar-refractivity contribution in [2.75, 3.05) is 40.0 Å². The van der Waals surface area contributed by atoms with Crippen LogP contribution >= 0.6 is 0 Å². The summed E-state index contributed by atoms with van der Waals surface area (Å²) >= 11 is 0. The molecular weight excluding hydrogens is 216 g/mol. The van der Waals surface area contributed by atoms with Gasteiger partial charge < -0.3 is 15.2 Å². The molecule has 1 rings (SSSR count). The molecule has 0 aromatic carbocycles. The highest BCUT2D eigenvalue weighted by atomic mass is 16.5. The minimum Gasteiger partial charge on any atom is -0.383 e. The molecule has 2 N–H and O–H groups in total. The third-order valence-electron chi connectivity index (χ3n) is 3.95. The van der Waals surface area contributed by atoms with Crippen molar-refractivity contribution in [3.05, 3.63) is 0 Å². The van der Waals surface area contributed by atoms with E-state index in [1.165, 1.54) is 12.8 Å². The van der Waals surface area contributed by atoms with Gasteiger partial charge in [0.1, 0.15) is 0 Å². The minimum absolute atomic E-state index is 0.0323. The van der Waals surface area contributed by atoms with Crippen molar-refractivity contribution < 1.29 is 9.47 Å². The van der Waals surface area contributed by atoms with Gasteiger partial charge in [0.15, 0.2) is 0 Å². The molecule has 1 aliphatic heterocycles. The van der Waals surface area contributed by atoms with Crippen LogP contribution in [0.15, 0.2) is 0 Å². The van der Waals surface area contributed by atoms with Crippen LogP contribution in [0.25, 0.3) is 0 Å². The Balaban J connectivity index is 2.65. The van der Waals surface area contributed by atoms with Crippen LogP contribution in [0.5, 0.6) is 0 Å². The van der Waals surface area contributed by atoms with Gasteiger partial charge in [0.05, 0.1) is 18.2 Å². The summed E-state index contributed by atoms with van der Waals surface area (Å²) in [7, 11) is 1.75. The molecule has 2 atom stereocenters. The second-order valence-corrected chi connectivity index (χ2v) is 4.89. The molecule has 102 valence electrons. The maximum atomic E-state index is 5.99. The Bertz CT molecular complexity index is 202. The van der Waals surface area contributed by atoms with Gasteiger partial charge in [-0.3, -0.25) is 4.90 Å². The molecule has 0 radical (unpaired) electrons. The molecule has 0 aromatic rings. The number of ether oxygens (including phenoxy) is 2. The number of rotatable bonds is 8. The first-order chi connectivity index (χ1) is 8.22. The third kappa shape index (κ3) is 3.65. The van der Waals surface area contributed by atoms with Gasteiger partial charge in [-0.2, -0.15) is 0 Å². The number of likely N-dealkylation sites (N-methyl/N-ethyl adjacent to an activating group) is 1.